The minimum atomic E-state index is -2.78. The fourth-order valence-corrected chi connectivity index (χ4v) is 7.03. The van der Waals surface area contributed by atoms with E-state index < -0.39 is 9.84 Å². The normalized spacial score (nSPS) is 25.3. The van der Waals surface area contributed by atoms with Crippen molar-refractivity contribution in [2.45, 2.75) is 37.7 Å². The first-order valence-corrected chi connectivity index (χ1v) is 12.8. The molecule has 0 radical (unpaired) electrons. The summed E-state index contributed by atoms with van der Waals surface area (Å²) in [5.41, 5.74) is 3.01. The molecule has 2 aromatic rings. The molecule has 0 aliphatic carbocycles. The molecule has 1 aromatic heterocycles. The highest BCUT2D eigenvalue weighted by molar-refractivity contribution is 7.91. The van der Waals surface area contributed by atoms with Gasteiger partial charge in [-0.1, -0.05) is 30.3 Å². The van der Waals surface area contributed by atoms with Crippen LogP contribution in [0.25, 0.3) is 11.4 Å². The Balaban J connectivity index is 1.28. The quantitative estimate of drug-likeness (QED) is 0.747. The van der Waals surface area contributed by atoms with Crippen LogP contribution in [-0.4, -0.2) is 61.0 Å². The van der Waals surface area contributed by atoms with Crippen molar-refractivity contribution in [2.75, 3.05) is 37.7 Å². The molecule has 1 atom stereocenters. The number of nitrogens with zero attached hydrogens (tertiary/aromatic N) is 3. The zero-order chi connectivity index (χ0) is 20.6. The number of hydrogen-bond donors (Lipinski definition) is 0. The van der Waals surface area contributed by atoms with E-state index in [4.69, 9.17) is 9.72 Å². The number of hydrogen-bond acceptors (Lipinski definition) is 6. The largest absolute Gasteiger partial charge is 0.368 e. The van der Waals surface area contributed by atoms with E-state index >= 15 is 0 Å². The van der Waals surface area contributed by atoms with Crippen LogP contribution in [0.1, 0.15) is 36.9 Å². The van der Waals surface area contributed by atoms with Gasteiger partial charge in [-0.3, -0.25) is 0 Å². The minimum Gasteiger partial charge on any atom is -0.368 e. The summed E-state index contributed by atoms with van der Waals surface area (Å²) in [6, 6.07) is 10.1. The third-order valence-corrected chi connectivity index (χ3v) is 8.76. The zero-order valence-corrected chi connectivity index (χ0v) is 18.1. The third kappa shape index (κ3) is 4.03. The number of likely N-dealkylation sites (tertiary alicyclic amines) is 1. The van der Waals surface area contributed by atoms with E-state index in [0.29, 0.717) is 17.4 Å². The Morgan fingerprint density at radius 1 is 1.17 bits per heavy atom. The maximum absolute atomic E-state index is 11.7. The van der Waals surface area contributed by atoms with Crippen molar-refractivity contribution < 1.29 is 13.2 Å². The van der Waals surface area contributed by atoms with Crippen LogP contribution in [0.5, 0.6) is 0 Å². The van der Waals surface area contributed by atoms with Gasteiger partial charge in [-0.25, -0.2) is 18.4 Å². The Bertz CT molecular complexity index is 1000. The molecule has 2 fully saturated rings. The molecule has 3 aliphatic rings. The summed E-state index contributed by atoms with van der Waals surface area (Å²) in [7, 11) is -2.78. The number of rotatable bonds is 4. The minimum absolute atomic E-state index is 0.312. The molecular formula is C23H29N3O3S. The molecule has 30 heavy (non-hydrogen) atoms. The van der Waals surface area contributed by atoms with Gasteiger partial charge >= 0.3 is 0 Å². The van der Waals surface area contributed by atoms with Gasteiger partial charge in [0, 0.05) is 24.8 Å². The molecule has 160 valence electrons. The highest BCUT2D eigenvalue weighted by Crippen LogP contribution is 2.41. The lowest BCUT2D eigenvalue weighted by atomic mass is 9.83. The number of ether oxygens (including phenoxy) is 1. The second-order valence-corrected chi connectivity index (χ2v) is 11.2. The lowest BCUT2D eigenvalue weighted by Gasteiger charge is -2.44. The first-order chi connectivity index (χ1) is 14.5. The van der Waals surface area contributed by atoms with Crippen molar-refractivity contribution in [1.29, 1.82) is 0 Å². The fourth-order valence-electron chi connectivity index (χ4n) is 5.12. The van der Waals surface area contributed by atoms with Crippen LogP contribution in [0.15, 0.2) is 36.5 Å². The molecule has 1 aromatic carbocycles. The monoisotopic (exact) mass is 427 g/mol. The third-order valence-electron chi connectivity index (χ3n) is 6.92. The van der Waals surface area contributed by atoms with Crippen molar-refractivity contribution >= 4 is 9.84 Å². The first-order valence-electron chi connectivity index (χ1n) is 11.0. The lowest BCUT2D eigenvalue weighted by Crippen LogP contribution is -2.47. The van der Waals surface area contributed by atoms with Gasteiger partial charge in [-0.15, -0.1) is 0 Å². The standard InChI is InChI=1S/C23H29N3O3S/c27-30(28)15-8-18(17-30)6-11-26-12-9-23(10-13-26)21-20(7-14-29-23)16-24-22(25-21)19-4-2-1-3-5-19/h1-5,16,18H,6-15,17H2. The second-order valence-electron chi connectivity index (χ2n) is 8.93. The number of piperidine rings is 1. The molecule has 1 unspecified atom stereocenters. The van der Waals surface area contributed by atoms with Crippen LogP contribution >= 0.6 is 0 Å². The average Bonchev–Trinajstić information content (AvgIpc) is 3.13. The van der Waals surface area contributed by atoms with E-state index in [9.17, 15) is 8.42 Å². The Labute approximate surface area is 178 Å². The van der Waals surface area contributed by atoms with Crippen molar-refractivity contribution in [3.63, 3.8) is 0 Å². The Morgan fingerprint density at radius 2 is 1.97 bits per heavy atom. The molecule has 0 amide bonds. The molecule has 0 saturated carbocycles. The van der Waals surface area contributed by atoms with Gasteiger partial charge in [-0.05, 0) is 50.1 Å². The van der Waals surface area contributed by atoms with Gasteiger partial charge in [0.1, 0.15) is 5.60 Å². The Kier molecular flexibility index (Phi) is 5.37. The number of fused-ring (bicyclic) bond motifs is 2. The van der Waals surface area contributed by atoms with Gasteiger partial charge in [0.05, 0.1) is 23.8 Å². The molecular weight excluding hydrogens is 398 g/mol. The highest BCUT2D eigenvalue weighted by atomic mass is 32.2. The van der Waals surface area contributed by atoms with E-state index in [-0.39, 0.29) is 5.60 Å². The maximum Gasteiger partial charge on any atom is 0.159 e. The summed E-state index contributed by atoms with van der Waals surface area (Å²) in [6.45, 7) is 3.62. The molecule has 2 saturated heterocycles. The Morgan fingerprint density at radius 3 is 2.70 bits per heavy atom. The fraction of sp³-hybridized carbons (Fsp3) is 0.565. The molecule has 7 heteroatoms. The van der Waals surface area contributed by atoms with Crippen molar-refractivity contribution in [2.24, 2.45) is 5.92 Å². The van der Waals surface area contributed by atoms with E-state index in [2.05, 4.69) is 9.88 Å². The van der Waals surface area contributed by atoms with Crippen molar-refractivity contribution in [3.05, 3.63) is 47.8 Å². The molecule has 5 rings (SSSR count). The van der Waals surface area contributed by atoms with Crippen molar-refractivity contribution in [1.82, 2.24) is 14.9 Å². The van der Waals surface area contributed by atoms with Crippen LogP contribution in [0.2, 0.25) is 0 Å². The van der Waals surface area contributed by atoms with E-state index in [1.807, 2.05) is 36.5 Å². The summed E-state index contributed by atoms with van der Waals surface area (Å²) < 4.78 is 29.8. The molecule has 0 N–H and O–H groups in total. The van der Waals surface area contributed by atoms with E-state index in [0.717, 1.165) is 75.4 Å². The average molecular weight is 428 g/mol. The molecule has 6 nitrogen and oxygen atoms in total. The van der Waals surface area contributed by atoms with Gasteiger partial charge in [0.2, 0.25) is 0 Å². The highest BCUT2D eigenvalue weighted by Gasteiger charge is 2.42. The maximum atomic E-state index is 11.7. The van der Waals surface area contributed by atoms with Crippen LogP contribution in [0.4, 0.5) is 0 Å². The molecule has 0 bridgehead atoms. The second kappa shape index (κ2) is 8.02. The van der Waals surface area contributed by atoms with Gasteiger partial charge in [0.25, 0.3) is 0 Å². The SMILES string of the molecule is O=S1(=O)CCC(CCN2CCC3(CC2)OCCc2cnc(-c4ccccc4)nc23)C1. The van der Waals surface area contributed by atoms with E-state index in [1.54, 1.807) is 0 Å². The smallest absolute Gasteiger partial charge is 0.159 e. The molecule has 3 aliphatic heterocycles. The Hall–Kier alpha value is -1.83. The first kappa shape index (κ1) is 20.1. The lowest BCUT2D eigenvalue weighted by molar-refractivity contribution is -0.101. The summed E-state index contributed by atoms with van der Waals surface area (Å²) >= 11 is 0. The topological polar surface area (TPSA) is 72.4 Å². The predicted octanol–water partition coefficient (Wildman–Crippen LogP) is 2.83. The zero-order valence-electron chi connectivity index (χ0n) is 17.3. The molecule has 4 heterocycles. The summed E-state index contributed by atoms with van der Waals surface area (Å²) in [6.07, 6.45) is 6.51. The number of aromatic nitrogens is 2. The van der Waals surface area contributed by atoms with Crippen molar-refractivity contribution in [3.8, 4) is 11.4 Å². The number of sulfone groups is 1. The van der Waals surface area contributed by atoms with Crippen LogP contribution in [0, 0.1) is 5.92 Å². The predicted molar refractivity (Wildman–Crippen MR) is 116 cm³/mol. The summed E-state index contributed by atoms with van der Waals surface area (Å²) in [5, 5.41) is 0. The van der Waals surface area contributed by atoms with Crippen LogP contribution in [-0.2, 0) is 26.6 Å². The van der Waals surface area contributed by atoms with E-state index in [1.165, 1.54) is 5.56 Å². The van der Waals surface area contributed by atoms with Crippen LogP contribution < -0.4 is 0 Å². The van der Waals surface area contributed by atoms with Gasteiger partial charge in [-0.2, -0.15) is 0 Å². The van der Waals surface area contributed by atoms with Crippen LogP contribution in [0.3, 0.4) is 0 Å². The summed E-state index contributed by atoms with van der Waals surface area (Å²) in [5.74, 6) is 1.85. The summed E-state index contributed by atoms with van der Waals surface area (Å²) in [4.78, 5) is 12.1. The van der Waals surface area contributed by atoms with Gasteiger partial charge in [0.15, 0.2) is 15.7 Å². The molecule has 1 spiro atoms. The van der Waals surface area contributed by atoms with Gasteiger partial charge < -0.3 is 9.64 Å². The number of benzene rings is 1.